The van der Waals surface area contributed by atoms with Crippen LogP contribution in [0.4, 0.5) is 0 Å². The van der Waals surface area contributed by atoms with Gasteiger partial charge in [-0.1, -0.05) is 25.5 Å². The maximum absolute atomic E-state index is 12.7. The van der Waals surface area contributed by atoms with E-state index >= 15 is 0 Å². The summed E-state index contributed by atoms with van der Waals surface area (Å²) in [6, 6.07) is 6.14. The molecule has 0 aliphatic rings. The molecule has 2 aromatic heterocycles. The molecule has 0 atom stereocenters. The highest BCUT2D eigenvalue weighted by atomic mass is 16.1. The van der Waals surface area contributed by atoms with Crippen molar-refractivity contribution in [1.29, 1.82) is 0 Å². The molecule has 0 aliphatic heterocycles. The van der Waals surface area contributed by atoms with E-state index in [1.165, 1.54) is 5.56 Å². The molecule has 0 unspecified atom stereocenters. The van der Waals surface area contributed by atoms with E-state index in [1.54, 1.807) is 6.33 Å². The molecule has 0 radical (unpaired) electrons. The van der Waals surface area contributed by atoms with Crippen LogP contribution in [-0.2, 0) is 13.6 Å². The normalized spacial score (nSPS) is 11.6. The monoisotopic (exact) mass is 269 g/mol. The summed E-state index contributed by atoms with van der Waals surface area (Å²) in [5, 5.41) is 1.14. The molecule has 0 bridgehead atoms. The minimum Gasteiger partial charge on any atom is -0.333 e. The molecule has 0 saturated carbocycles. The third-order valence-corrected chi connectivity index (χ3v) is 3.90. The maximum Gasteiger partial charge on any atom is 0.279 e. The lowest BCUT2D eigenvalue weighted by molar-refractivity contribution is 0.634. The van der Waals surface area contributed by atoms with E-state index in [9.17, 15) is 4.79 Å². The Balaban J connectivity index is 2.51. The minimum atomic E-state index is 0.0205. The second-order valence-electron chi connectivity index (χ2n) is 5.33. The molecule has 4 nitrogen and oxygen atoms in total. The number of imidazole rings is 1. The third-order valence-electron chi connectivity index (χ3n) is 3.90. The van der Waals surface area contributed by atoms with Gasteiger partial charge in [-0.2, -0.15) is 0 Å². The Morgan fingerprint density at radius 1 is 1.30 bits per heavy atom. The van der Waals surface area contributed by atoms with E-state index in [-0.39, 0.29) is 5.56 Å². The molecule has 104 valence electrons. The number of pyridine rings is 1. The van der Waals surface area contributed by atoms with Gasteiger partial charge in [0.25, 0.3) is 5.56 Å². The second-order valence-corrected chi connectivity index (χ2v) is 5.33. The van der Waals surface area contributed by atoms with Crippen LogP contribution in [0.1, 0.15) is 25.3 Å². The van der Waals surface area contributed by atoms with Crippen LogP contribution in [-0.4, -0.2) is 14.1 Å². The first kappa shape index (κ1) is 12.9. The van der Waals surface area contributed by atoms with Crippen LogP contribution in [0.5, 0.6) is 0 Å². The number of rotatable bonds is 3. The van der Waals surface area contributed by atoms with E-state index in [4.69, 9.17) is 0 Å². The number of hydrogen-bond acceptors (Lipinski definition) is 2. The number of aromatic nitrogens is 3. The number of fused-ring (bicyclic) bond motifs is 3. The molecule has 3 rings (SSSR count). The highest BCUT2D eigenvalue weighted by molar-refractivity contribution is 6.04. The van der Waals surface area contributed by atoms with Crippen LogP contribution >= 0.6 is 0 Å². The van der Waals surface area contributed by atoms with Gasteiger partial charge in [0, 0.05) is 19.0 Å². The summed E-state index contributed by atoms with van der Waals surface area (Å²) in [5.74, 6) is 0. The first-order valence-electron chi connectivity index (χ1n) is 7.08. The lowest BCUT2D eigenvalue weighted by Crippen LogP contribution is -2.21. The van der Waals surface area contributed by atoms with Crippen LogP contribution in [0.3, 0.4) is 0 Å². The van der Waals surface area contributed by atoms with Crippen molar-refractivity contribution in [1.82, 2.24) is 14.1 Å². The molecule has 4 heteroatoms. The summed E-state index contributed by atoms with van der Waals surface area (Å²) in [6.45, 7) is 4.98. The van der Waals surface area contributed by atoms with Crippen LogP contribution in [0.2, 0.25) is 0 Å². The molecule has 2 heterocycles. The van der Waals surface area contributed by atoms with Gasteiger partial charge in [-0.05, 0) is 25.0 Å². The fourth-order valence-corrected chi connectivity index (χ4v) is 2.84. The lowest BCUT2D eigenvalue weighted by Gasteiger charge is -2.13. The van der Waals surface area contributed by atoms with E-state index in [0.717, 1.165) is 35.8 Å². The van der Waals surface area contributed by atoms with Gasteiger partial charge in [0.2, 0.25) is 0 Å². The average Bonchev–Trinajstić information content (AvgIpc) is 2.81. The Morgan fingerprint density at radius 3 is 2.85 bits per heavy atom. The Bertz CT molecular complexity index is 842. The second kappa shape index (κ2) is 4.78. The van der Waals surface area contributed by atoms with Gasteiger partial charge in [-0.15, -0.1) is 0 Å². The van der Waals surface area contributed by atoms with Gasteiger partial charge in [0.1, 0.15) is 0 Å². The average molecular weight is 269 g/mol. The van der Waals surface area contributed by atoms with Gasteiger partial charge >= 0.3 is 0 Å². The molecule has 3 aromatic rings. The van der Waals surface area contributed by atoms with Gasteiger partial charge in [-0.3, -0.25) is 4.79 Å². The molecule has 0 saturated heterocycles. The van der Waals surface area contributed by atoms with Crippen molar-refractivity contribution in [2.45, 2.75) is 33.2 Å². The van der Waals surface area contributed by atoms with E-state index in [2.05, 4.69) is 24.9 Å². The smallest absolute Gasteiger partial charge is 0.279 e. The van der Waals surface area contributed by atoms with E-state index < -0.39 is 0 Å². The van der Waals surface area contributed by atoms with Gasteiger partial charge in [-0.25, -0.2) is 4.98 Å². The molecule has 0 fully saturated rings. The summed E-state index contributed by atoms with van der Waals surface area (Å²) in [5.41, 5.74) is 3.73. The fraction of sp³-hybridized carbons (Fsp3) is 0.375. The molecule has 0 aliphatic carbocycles. The molecule has 0 N–H and O–H groups in total. The van der Waals surface area contributed by atoms with Crippen molar-refractivity contribution >= 4 is 21.9 Å². The highest BCUT2D eigenvalue weighted by Crippen LogP contribution is 2.25. The molecule has 20 heavy (non-hydrogen) atoms. The minimum absolute atomic E-state index is 0.0205. The number of benzene rings is 1. The lowest BCUT2D eigenvalue weighted by atomic mass is 10.1. The van der Waals surface area contributed by atoms with E-state index in [0.29, 0.717) is 5.52 Å². The number of aryl methyl sites for hydroxylation is 3. The number of unbranched alkanes of at least 4 members (excludes halogenated alkanes) is 1. The summed E-state index contributed by atoms with van der Waals surface area (Å²) in [4.78, 5) is 17.0. The summed E-state index contributed by atoms with van der Waals surface area (Å²) >= 11 is 0. The molecule has 0 amide bonds. The zero-order chi connectivity index (χ0) is 14.3. The van der Waals surface area contributed by atoms with Crippen molar-refractivity contribution in [2.24, 2.45) is 7.05 Å². The zero-order valence-electron chi connectivity index (χ0n) is 12.2. The van der Waals surface area contributed by atoms with Crippen LogP contribution in [0.15, 0.2) is 29.3 Å². The Hall–Kier alpha value is -2.10. The number of nitrogens with zero attached hydrogens (tertiary/aromatic N) is 3. The predicted molar refractivity (Wildman–Crippen MR) is 82.1 cm³/mol. The van der Waals surface area contributed by atoms with Crippen LogP contribution in [0, 0.1) is 6.92 Å². The third kappa shape index (κ3) is 1.75. The summed E-state index contributed by atoms with van der Waals surface area (Å²) in [6.07, 6.45) is 3.80. The largest absolute Gasteiger partial charge is 0.333 e. The first-order chi connectivity index (χ1) is 9.65. The summed E-state index contributed by atoms with van der Waals surface area (Å²) < 4.78 is 3.82. The predicted octanol–water partition coefficient (Wildman–Crippen LogP) is 3.00. The van der Waals surface area contributed by atoms with Gasteiger partial charge in [0.05, 0.1) is 17.4 Å². The summed E-state index contributed by atoms with van der Waals surface area (Å²) in [7, 11) is 1.94. The molecule has 1 aromatic carbocycles. The Kier molecular flexibility index (Phi) is 3.08. The van der Waals surface area contributed by atoms with Crippen molar-refractivity contribution in [3.63, 3.8) is 0 Å². The topological polar surface area (TPSA) is 39.8 Å². The fourth-order valence-electron chi connectivity index (χ4n) is 2.84. The Labute approximate surface area is 117 Å². The van der Waals surface area contributed by atoms with Crippen molar-refractivity contribution in [3.8, 4) is 0 Å². The van der Waals surface area contributed by atoms with Crippen molar-refractivity contribution < 1.29 is 0 Å². The van der Waals surface area contributed by atoms with Crippen molar-refractivity contribution in [3.05, 3.63) is 40.4 Å². The van der Waals surface area contributed by atoms with E-state index in [1.807, 2.05) is 28.3 Å². The first-order valence-corrected chi connectivity index (χ1v) is 7.08. The van der Waals surface area contributed by atoms with Crippen LogP contribution < -0.4 is 5.56 Å². The zero-order valence-corrected chi connectivity index (χ0v) is 12.2. The number of hydrogen-bond donors (Lipinski definition) is 0. The standard InChI is InChI=1S/C16H19N3O/c1-4-5-9-19-12-8-6-7-11(2)13(12)15-14(16(19)20)17-10-18(15)3/h6-8,10H,4-5,9H2,1-3H3. The van der Waals surface area contributed by atoms with Crippen LogP contribution in [0.25, 0.3) is 21.9 Å². The molecular weight excluding hydrogens is 250 g/mol. The highest BCUT2D eigenvalue weighted by Gasteiger charge is 2.15. The SMILES string of the molecule is CCCCn1c(=O)c2ncn(C)c2c2c(C)cccc21. The van der Waals surface area contributed by atoms with Crippen molar-refractivity contribution in [2.75, 3.05) is 0 Å². The quantitative estimate of drug-likeness (QED) is 0.733. The molecular formula is C16H19N3O. The molecule has 0 spiro atoms. The van der Waals surface area contributed by atoms with Gasteiger partial charge < -0.3 is 9.13 Å². The van der Waals surface area contributed by atoms with Gasteiger partial charge in [0.15, 0.2) is 5.52 Å². The maximum atomic E-state index is 12.7. The Morgan fingerprint density at radius 2 is 2.10 bits per heavy atom.